The molecule has 0 aliphatic carbocycles. The van der Waals surface area contributed by atoms with Gasteiger partial charge in [0, 0.05) is 31.0 Å². The fourth-order valence-corrected chi connectivity index (χ4v) is 7.18. The Morgan fingerprint density at radius 2 is 1.76 bits per heavy atom. The number of carbonyl (C=O) groups excluding carboxylic acids is 2. The number of rotatable bonds is 6. The summed E-state index contributed by atoms with van der Waals surface area (Å²) in [7, 11) is -3.90. The summed E-state index contributed by atoms with van der Waals surface area (Å²) in [5.41, 5.74) is 3.49. The van der Waals surface area contributed by atoms with E-state index in [1.807, 2.05) is 42.5 Å². The van der Waals surface area contributed by atoms with Gasteiger partial charge >= 0.3 is 0 Å². The van der Waals surface area contributed by atoms with Crippen LogP contribution in [0.15, 0.2) is 59.5 Å². The number of hydrogen-bond acceptors (Lipinski definition) is 5. The maximum absolute atomic E-state index is 13.7. The Balaban J connectivity index is 1.32. The standard InChI is InChI=1S/C27H31N5O4S/c1-19-26(20(2)32(29-19)18-25(33)31-16-14-21-9-6-7-13-24(21)31)37(35,36)30-15-8-10-22(17-30)27(34)28-23-11-4-3-5-12-23/h3-7,9,11-13,22H,8,10,14-18H2,1-2H3,(H,28,34). The number of hydrogen-bond donors (Lipinski definition) is 1. The fourth-order valence-electron chi connectivity index (χ4n) is 5.29. The van der Waals surface area contributed by atoms with Gasteiger partial charge < -0.3 is 10.2 Å². The first-order valence-electron chi connectivity index (χ1n) is 12.5. The molecule has 0 spiro atoms. The summed E-state index contributed by atoms with van der Waals surface area (Å²) in [5, 5.41) is 7.32. The first-order valence-corrected chi connectivity index (χ1v) is 14.0. The van der Waals surface area contributed by atoms with Crippen molar-refractivity contribution >= 4 is 33.2 Å². The number of aromatic nitrogens is 2. The lowest BCUT2D eigenvalue weighted by Crippen LogP contribution is -2.44. The number of benzene rings is 2. The third kappa shape index (κ3) is 4.91. The van der Waals surface area contributed by atoms with Crippen molar-refractivity contribution < 1.29 is 18.0 Å². The first-order chi connectivity index (χ1) is 17.8. The number of sulfonamides is 1. The molecule has 1 fully saturated rings. The Bertz CT molecular complexity index is 1430. The fraction of sp³-hybridized carbons (Fsp3) is 0.370. The molecule has 2 aromatic carbocycles. The van der Waals surface area contributed by atoms with Crippen LogP contribution in [0.2, 0.25) is 0 Å². The molecule has 0 saturated carbocycles. The average Bonchev–Trinajstić information content (AvgIpc) is 3.45. The zero-order chi connectivity index (χ0) is 26.2. The second-order valence-corrected chi connectivity index (χ2v) is 11.5. The summed E-state index contributed by atoms with van der Waals surface area (Å²) in [6.45, 7) is 4.33. The van der Waals surface area contributed by atoms with Gasteiger partial charge in [0.25, 0.3) is 0 Å². The topological polar surface area (TPSA) is 105 Å². The van der Waals surface area contributed by atoms with E-state index in [0.717, 1.165) is 17.7 Å². The lowest BCUT2D eigenvalue weighted by Gasteiger charge is -2.31. The summed E-state index contributed by atoms with van der Waals surface area (Å²) in [4.78, 5) is 27.8. The molecule has 2 amide bonds. The number of nitrogens with one attached hydrogen (secondary N) is 1. The van der Waals surface area contributed by atoms with Crippen LogP contribution in [0.3, 0.4) is 0 Å². The van der Waals surface area contributed by atoms with Gasteiger partial charge in [0.1, 0.15) is 11.4 Å². The number of nitrogens with zero attached hydrogens (tertiary/aromatic N) is 4. The monoisotopic (exact) mass is 521 g/mol. The van der Waals surface area contributed by atoms with E-state index in [4.69, 9.17) is 0 Å². The Labute approximate surface area is 217 Å². The second-order valence-electron chi connectivity index (χ2n) is 9.64. The minimum atomic E-state index is -3.90. The van der Waals surface area contributed by atoms with Crippen LogP contribution in [0.4, 0.5) is 11.4 Å². The number of fused-ring (bicyclic) bond motifs is 1. The highest BCUT2D eigenvalue weighted by Gasteiger charge is 2.37. The first kappa shape index (κ1) is 25.2. The van der Waals surface area contributed by atoms with Gasteiger partial charge in [-0.2, -0.15) is 9.40 Å². The SMILES string of the molecule is Cc1nn(CC(=O)N2CCc3ccccc32)c(C)c1S(=O)(=O)N1CCCC(C(=O)Nc2ccccc2)C1. The van der Waals surface area contributed by atoms with E-state index in [2.05, 4.69) is 10.4 Å². The highest BCUT2D eigenvalue weighted by Crippen LogP contribution is 2.30. The summed E-state index contributed by atoms with van der Waals surface area (Å²) in [5.74, 6) is -0.766. The molecular formula is C27H31N5O4S. The molecule has 1 unspecified atom stereocenters. The van der Waals surface area contributed by atoms with Crippen molar-refractivity contribution in [2.75, 3.05) is 29.9 Å². The van der Waals surface area contributed by atoms with Crippen LogP contribution in [0, 0.1) is 19.8 Å². The Hall–Kier alpha value is -3.50. The van der Waals surface area contributed by atoms with Crippen molar-refractivity contribution in [1.29, 1.82) is 0 Å². The minimum Gasteiger partial charge on any atom is -0.326 e. The highest BCUT2D eigenvalue weighted by atomic mass is 32.2. The van der Waals surface area contributed by atoms with Crippen LogP contribution in [-0.2, 0) is 32.6 Å². The third-order valence-electron chi connectivity index (χ3n) is 7.18. The predicted molar refractivity (Wildman–Crippen MR) is 141 cm³/mol. The quantitative estimate of drug-likeness (QED) is 0.537. The van der Waals surface area contributed by atoms with Gasteiger partial charge in [0.2, 0.25) is 21.8 Å². The summed E-state index contributed by atoms with van der Waals surface area (Å²) in [6.07, 6.45) is 2.01. The molecule has 0 bridgehead atoms. The molecule has 194 valence electrons. The maximum Gasteiger partial charge on any atom is 0.248 e. The number of amides is 2. The molecule has 1 N–H and O–H groups in total. The van der Waals surface area contributed by atoms with E-state index >= 15 is 0 Å². The molecule has 37 heavy (non-hydrogen) atoms. The molecule has 5 rings (SSSR count). The van der Waals surface area contributed by atoms with Gasteiger partial charge in [0.05, 0.1) is 17.3 Å². The number of para-hydroxylation sites is 2. The molecule has 1 aromatic heterocycles. The van der Waals surface area contributed by atoms with Crippen LogP contribution in [0.5, 0.6) is 0 Å². The molecule has 3 heterocycles. The predicted octanol–water partition coefficient (Wildman–Crippen LogP) is 3.13. The van der Waals surface area contributed by atoms with Gasteiger partial charge in [-0.15, -0.1) is 0 Å². The van der Waals surface area contributed by atoms with Gasteiger partial charge in [0.15, 0.2) is 0 Å². The molecule has 2 aliphatic rings. The van der Waals surface area contributed by atoms with Gasteiger partial charge in [-0.05, 0) is 56.9 Å². The van der Waals surface area contributed by atoms with Gasteiger partial charge in [-0.3, -0.25) is 14.3 Å². The van der Waals surface area contributed by atoms with Crippen LogP contribution in [-0.4, -0.2) is 54.0 Å². The van der Waals surface area contributed by atoms with Gasteiger partial charge in [-0.1, -0.05) is 36.4 Å². The number of aryl methyl sites for hydroxylation is 1. The smallest absolute Gasteiger partial charge is 0.248 e. The summed E-state index contributed by atoms with van der Waals surface area (Å²) >= 11 is 0. The van der Waals surface area contributed by atoms with Crippen molar-refractivity contribution in [1.82, 2.24) is 14.1 Å². The lowest BCUT2D eigenvalue weighted by molar-refractivity contribution is -0.121. The largest absolute Gasteiger partial charge is 0.326 e. The maximum atomic E-state index is 13.7. The molecule has 1 atom stereocenters. The van der Waals surface area contributed by atoms with E-state index in [-0.39, 0.29) is 29.8 Å². The molecule has 1 saturated heterocycles. The normalized spacial score (nSPS) is 18.0. The van der Waals surface area contributed by atoms with Crippen molar-refractivity contribution in [3.8, 4) is 0 Å². The third-order valence-corrected chi connectivity index (χ3v) is 9.30. The highest BCUT2D eigenvalue weighted by molar-refractivity contribution is 7.89. The van der Waals surface area contributed by atoms with Crippen molar-refractivity contribution in [3.05, 3.63) is 71.5 Å². The van der Waals surface area contributed by atoms with Crippen LogP contribution in [0.25, 0.3) is 0 Å². The molecule has 0 radical (unpaired) electrons. The van der Waals surface area contributed by atoms with E-state index in [1.165, 1.54) is 8.99 Å². The number of anilines is 2. The number of carbonyl (C=O) groups is 2. The second kappa shape index (κ2) is 10.1. The van der Waals surface area contributed by atoms with E-state index < -0.39 is 15.9 Å². The summed E-state index contributed by atoms with van der Waals surface area (Å²) in [6, 6.07) is 17.0. The molecule has 2 aliphatic heterocycles. The molecule has 3 aromatic rings. The average molecular weight is 522 g/mol. The molecular weight excluding hydrogens is 490 g/mol. The van der Waals surface area contributed by atoms with Crippen LogP contribution >= 0.6 is 0 Å². The zero-order valence-electron chi connectivity index (χ0n) is 21.1. The lowest BCUT2D eigenvalue weighted by atomic mass is 9.99. The van der Waals surface area contributed by atoms with E-state index in [9.17, 15) is 18.0 Å². The number of piperidine rings is 1. The minimum absolute atomic E-state index is 0.0430. The van der Waals surface area contributed by atoms with E-state index in [0.29, 0.717) is 43.0 Å². The van der Waals surface area contributed by atoms with Crippen LogP contribution in [0.1, 0.15) is 29.8 Å². The van der Waals surface area contributed by atoms with Crippen molar-refractivity contribution in [2.45, 2.75) is 44.6 Å². The molecule has 10 heteroatoms. The Kier molecular flexibility index (Phi) is 6.87. The summed E-state index contributed by atoms with van der Waals surface area (Å²) < 4.78 is 30.3. The van der Waals surface area contributed by atoms with Gasteiger partial charge in [-0.25, -0.2) is 8.42 Å². The Morgan fingerprint density at radius 3 is 2.54 bits per heavy atom. The van der Waals surface area contributed by atoms with Crippen molar-refractivity contribution in [3.63, 3.8) is 0 Å². The van der Waals surface area contributed by atoms with Crippen molar-refractivity contribution in [2.24, 2.45) is 5.92 Å². The Morgan fingerprint density at radius 1 is 1.03 bits per heavy atom. The van der Waals surface area contributed by atoms with Crippen LogP contribution < -0.4 is 10.2 Å². The molecule has 9 nitrogen and oxygen atoms in total. The van der Waals surface area contributed by atoms with E-state index in [1.54, 1.807) is 30.9 Å². The zero-order valence-corrected chi connectivity index (χ0v) is 21.9.